The molecule has 0 aromatic rings. The number of amides is 1. The zero-order valence-electron chi connectivity index (χ0n) is 8.42. The fourth-order valence-corrected chi connectivity index (χ4v) is 1.18. The molecule has 4 heteroatoms. The third-order valence-corrected chi connectivity index (χ3v) is 2.06. The summed E-state index contributed by atoms with van der Waals surface area (Å²) in [5.74, 6) is -0.668. The molecule has 1 amide bonds. The lowest BCUT2D eigenvalue weighted by Crippen LogP contribution is -2.41. The first-order valence-electron chi connectivity index (χ1n) is 4.82. The molecule has 0 heterocycles. The minimum atomic E-state index is -1.06. The molecule has 0 saturated heterocycles. The third kappa shape index (κ3) is 5.60. The number of aliphatic hydroxyl groups excluding tert-OH is 1. The van der Waals surface area contributed by atoms with Crippen LogP contribution in [0.15, 0.2) is 0 Å². The molecule has 0 radical (unpaired) electrons. The van der Waals surface area contributed by atoms with E-state index in [2.05, 4.69) is 19.2 Å². The topological polar surface area (TPSA) is 75.3 Å². The summed E-state index contributed by atoms with van der Waals surface area (Å²) < 4.78 is 0. The Balaban J connectivity index is 3.64. The number of carbonyl (C=O) groups excluding carboxylic acids is 1. The van der Waals surface area contributed by atoms with E-state index in [4.69, 9.17) is 10.8 Å². The quantitative estimate of drug-likeness (QED) is 0.526. The summed E-state index contributed by atoms with van der Waals surface area (Å²) in [6.45, 7) is 4.44. The van der Waals surface area contributed by atoms with Crippen molar-refractivity contribution in [3.05, 3.63) is 0 Å². The molecule has 2 unspecified atom stereocenters. The highest BCUT2D eigenvalue weighted by molar-refractivity contribution is 5.78. The number of nitrogens with one attached hydrogen (secondary N) is 1. The number of nitrogens with two attached hydrogens (primary N) is 1. The van der Waals surface area contributed by atoms with Crippen LogP contribution >= 0.6 is 0 Å². The van der Waals surface area contributed by atoms with Crippen molar-refractivity contribution in [3.63, 3.8) is 0 Å². The van der Waals surface area contributed by atoms with Gasteiger partial charge >= 0.3 is 0 Å². The van der Waals surface area contributed by atoms with Crippen LogP contribution in [-0.4, -0.2) is 29.7 Å². The van der Waals surface area contributed by atoms with Gasteiger partial charge in [0.2, 0.25) is 5.91 Å². The van der Waals surface area contributed by atoms with Crippen LogP contribution in [-0.2, 0) is 4.79 Å². The molecule has 0 bridgehead atoms. The molecule has 0 aliphatic rings. The van der Waals surface area contributed by atoms with E-state index in [1.165, 1.54) is 0 Å². The smallest absolute Gasteiger partial charge is 0.247 e. The van der Waals surface area contributed by atoms with Crippen LogP contribution in [0.3, 0.4) is 0 Å². The van der Waals surface area contributed by atoms with E-state index in [1.807, 2.05) is 0 Å². The summed E-state index contributed by atoms with van der Waals surface area (Å²) in [6.07, 6.45) is 2.09. The highest BCUT2D eigenvalue weighted by Crippen LogP contribution is 2.00. The van der Waals surface area contributed by atoms with Crippen LogP contribution in [0.2, 0.25) is 0 Å². The molecule has 13 heavy (non-hydrogen) atoms. The minimum Gasteiger partial charge on any atom is -0.382 e. The minimum absolute atomic E-state index is 0.258. The highest BCUT2D eigenvalue weighted by atomic mass is 16.3. The molecule has 0 aromatic carbocycles. The van der Waals surface area contributed by atoms with Gasteiger partial charge < -0.3 is 16.2 Å². The van der Waals surface area contributed by atoms with Crippen molar-refractivity contribution < 1.29 is 9.90 Å². The first-order chi connectivity index (χ1) is 6.11. The van der Waals surface area contributed by atoms with Crippen molar-refractivity contribution in [1.29, 1.82) is 0 Å². The summed E-state index contributed by atoms with van der Waals surface area (Å²) in [5.41, 5.74) is 4.91. The van der Waals surface area contributed by atoms with E-state index in [-0.39, 0.29) is 6.54 Å². The molecule has 0 fully saturated rings. The van der Waals surface area contributed by atoms with E-state index >= 15 is 0 Å². The highest BCUT2D eigenvalue weighted by Gasteiger charge is 2.12. The van der Waals surface area contributed by atoms with Crippen molar-refractivity contribution in [2.75, 3.05) is 6.54 Å². The average molecular weight is 188 g/mol. The fraction of sp³-hybridized carbons (Fsp3) is 0.889. The number of carbonyl (C=O) groups is 1. The monoisotopic (exact) mass is 188 g/mol. The second-order valence-electron chi connectivity index (χ2n) is 3.22. The zero-order chi connectivity index (χ0) is 10.3. The van der Waals surface area contributed by atoms with Crippen LogP contribution in [0, 0.1) is 0 Å². The van der Waals surface area contributed by atoms with Gasteiger partial charge in [-0.1, -0.05) is 20.3 Å². The van der Waals surface area contributed by atoms with Gasteiger partial charge in [0.25, 0.3) is 0 Å². The van der Waals surface area contributed by atoms with Gasteiger partial charge in [-0.25, -0.2) is 0 Å². The molecule has 0 aliphatic carbocycles. The van der Waals surface area contributed by atoms with Crippen LogP contribution in [0.4, 0.5) is 0 Å². The van der Waals surface area contributed by atoms with Crippen molar-refractivity contribution in [2.24, 2.45) is 5.73 Å². The number of aliphatic hydroxyl groups is 1. The van der Waals surface area contributed by atoms with Crippen molar-refractivity contribution in [2.45, 2.75) is 45.3 Å². The van der Waals surface area contributed by atoms with Gasteiger partial charge in [-0.15, -0.1) is 0 Å². The third-order valence-electron chi connectivity index (χ3n) is 2.06. The summed E-state index contributed by atoms with van der Waals surface area (Å²) >= 11 is 0. The Hall–Kier alpha value is -0.610. The van der Waals surface area contributed by atoms with Gasteiger partial charge in [0.15, 0.2) is 0 Å². The lowest BCUT2D eigenvalue weighted by Gasteiger charge is -2.17. The maximum atomic E-state index is 10.5. The number of hydrogen-bond donors (Lipinski definition) is 3. The van der Waals surface area contributed by atoms with Gasteiger partial charge in [-0.2, -0.15) is 0 Å². The summed E-state index contributed by atoms with van der Waals surface area (Å²) in [4.78, 5) is 10.5. The second-order valence-corrected chi connectivity index (χ2v) is 3.22. The number of primary amides is 1. The van der Waals surface area contributed by atoms with Gasteiger partial charge in [-0.05, 0) is 12.8 Å². The van der Waals surface area contributed by atoms with E-state index in [1.54, 1.807) is 0 Å². The molecule has 0 aromatic heterocycles. The predicted molar refractivity (Wildman–Crippen MR) is 52.2 cm³/mol. The Kier molecular flexibility index (Phi) is 6.54. The van der Waals surface area contributed by atoms with Crippen LogP contribution in [0.25, 0.3) is 0 Å². The van der Waals surface area contributed by atoms with Gasteiger partial charge in [0, 0.05) is 12.6 Å². The molecule has 0 aliphatic heterocycles. The maximum absolute atomic E-state index is 10.5. The molecule has 0 rings (SSSR count). The standard InChI is InChI=1S/C9H20N2O2/c1-3-5-7(4-2)11-6-8(12)9(10)13/h7-8,11-12H,3-6H2,1-2H3,(H2,10,13). The van der Waals surface area contributed by atoms with E-state index < -0.39 is 12.0 Å². The predicted octanol–water partition coefficient (Wildman–Crippen LogP) is 0.000900. The zero-order valence-corrected chi connectivity index (χ0v) is 8.42. The van der Waals surface area contributed by atoms with E-state index in [0.29, 0.717) is 6.04 Å². The maximum Gasteiger partial charge on any atom is 0.247 e. The molecule has 2 atom stereocenters. The van der Waals surface area contributed by atoms with Crippen LogP contribution in [0.5, 0.6) is 0 Å². The van der Waals surface area contributed by atoms with E-state index in [9.17, 15) is 4.79 Å². The molecule has 0 spiro atoms. The lowest BCUT2D eigenvalue weighted by molar-refractivity contribution is -0.125. The van der Waals surface area contributed by atoms with Gasteiger partial charge in [0.05, 0.1) is 0 Å². The van der Waals surface area contributed by atoms with Gasteiger partial charge in [0.1, 0.15) is 6.10 Å². The molecule has 4 N–H and O–H groups in total. The molecular formula is C9H20N2O2. The Bertz CT molecular complexity index is 151. The lowest BCUT2D eigenvalue weighted by atomic mass is 10.1. The molecule has 0 saturated carbocycles. The summed E-state index contributed by atoms with van der Waals surface area (Å²) in [7, 11) is 0. The normalized spacial score (nSPS) is 15.3. The fourth-order valence-electron chi connectivity index (χ4n) is 1.18. The largest absolute Gasteiger partial charge is 0.382 e. The van der Waals surface area contributed by atoms with Crippen molar-refractivity contribution in [3.8, 4) is 0 Å². The SMILES string of the molecule is CCCC(CC)NCC(O)C(N)=O. The van der Waals surface area contributed by atoms with Crippen molar-refractivity contribution >= 4 is 5.91 Å². The van der Waals surface area contributed by atoms with Crippen LogP contribution < -0.4 is 11.1 Å². The van der Waals surface area contributed by atoms with Crippen molar-refractivity contribution in [1.82, 2.24) is 5.32 Å². The Morgan fingerprint density at radius 2 is 2.15 bits per heavy atom. The Morgan fingerprint density at radius 3 is 2.54 bits per heavy atom. The Labute approximate surface area is 79.5 Å². The summed E-state index contributed by atoms with van der Waals surface area (Å²) in [6, 6.07) is 0.374. The molecule has 78 valence electrons. The Morgan fingerprint density at radius 1 is 1.54 bits per heavy atom. The first kappa shape index (κ1) is 12.4. The average Bonchev–Trinajstić information content (AvgIpc) is 2.11. The molecular weight excluding hydrogens is 168 g/mol. The molecule has 4 nitrogen and oxygen atoms in total. The summed E-state index contributed by atoms with van der Waals surface area (Å²) in [5, 5.41) is 12.2. The first-order valence-corrected chi connectivity index (χ1v) is 4.82. The second kappa shape index (κ2) is 6.86. The van der Waals surface area contributed by atoms with E-state index in [0.717, 1.165) is 19.3 Å². The van der Waals surface area contributed by atoms with Gasteiger partial charge in [-0.3, -0.25) is 4.79 Å². The number of rotatable bonds is 7. The van der Waals surface area contributed by atoms with Crippen LogP contribution in [0.1, 0.15) is 33.1 Å². The number of hydrogen-bond acceptors (Lipinski definition) is 3.